The number of pyridine rings is 1. The van der Waals surface area contributed by atoms with E-state index in [0.29, 0.717) is 17.9 Å². The van der Waals surface area contributed by atoms with Crippen molar-refractivity contribution in [3.05, 3.63) is 54.1 Å². The summed E-state index contributed by atoms with van der Waals surface area (Å²) < 4.78 is 33.8. The minimum atomic E-state index is -3.58. The number of aromatic nitrogens is 1. The highest BCUT2D eigenvalue weighted by atomic mass is 32.2. The number of para-hydroxylation sites is 1. The lowest BCUT2D eigenvalue weighted by Crippen LogP contribution is -2.36. The highest BCUT2D eigenvalue weighted by Gasteiger charge is 2.23. The molecule has 1 aliphatic carbocycles. The zero-order valence-electron chi connectivity index (χ0n) is 20.9. The normalized spacial score (nSPS) is 15.5. The summed E-state index contributed by atoms with van der Waals surface area (Å²) in [5, 5.41) is 4.33. The van der Waals surface area contributed by atoms with E-state index in [1.165, 1.54) is 23.9 Å². The number of nitrogens with one attached hydrogen (secondary N) is 2. The van der Waals surface area contributed by atoms with E-state index in [0.717, 1.165) is 53.6 Å². The van der Waals surface area contributed by atoms with Crippen LogP contribution < -0.4 is 14.8 Å². The van der Waals surface area contributed by atoms with Crippen LogP contribution in [0.2, 0.25) is 0 Å². The fourth-order valence-electron chi connectivity index (χ4n) is 4.50. The van der Waals surface area contributed by atoms with E-state index in [4.69, 9.17) is 9.72 Å². The van der Waals surface area contributed by atoms with Crippen molar-refractivity contribution < 1.29 is 17.9 Å². The number of amides is 1. The number of hydrogen-bond donors (Lipinski definition) is 2. The standard InChI is InChI=1S/C27H33N3O4S2/c1-4-24(35-25-17-18(2)22-11-8-12-23(34-3)26(22)29-25)27(31)28-19-13-15-21(16-14-19)36(32,33)30-20-9-6-5-7-10-20/h8,11-17,20,24,30H,4-7,9-10H2,1-3H3,(H,28,31). The first kappa shape index (κ1) is 26.4. The quantitative estimate of drug-likeness (QED) is 0.348. The second-order valence-electron chi connectivity index (χ2n) is 9.12. The molecule has 1 amide bonds. The predicted molar refractivity (Wildman–Crippen MR) is 145 cm³/mol. The molecule has 1 aliphatic rings. The third kappa shape index (κ3) is 6.19. The van der Waals surface area contributed by atoms with Crippen LogP contribution in [0, 0.1) is 6.92 Å². The van der Waals surface area contributed by atoms with Crippen molar-refractivity contribution in [3.8, 4) is 5.75 Å². The molecular weight excluding hydrogens is 494 g/mol. The molecule has 1 unspecified atom stereocenters. The summed E-state index contributed by atoms with van der Waals surface area (Å²) in [5.74, 6) is 0.543. The fourth-order valence-corrected chi connectivity index (χ4v) is 6.82. The van der Waals surface area contributed by atoms with Gasteiger partial charge in [-0.1, -0.05) is 50.1 Å². The molecule has 2 aromatic carbocycles. The molecule has 1 atom stereocenters. The molecule has 36 heavy (non-hydrogen) atoms. The number of nitrogens with zero attached hydrogens (tertiary/aromatic N) is 1. The lowest BCUT2D eigenvalue weighted by Gasteiger charge is -2.22. The van der Waals surface area contributed by atoms with E-state index in [9.17, 15) is 13.2 Å². The van der Waals surface area contributed by atoms with Gasteiger partial charge in [0.2, 0.25) is 15.9 Å². The summed E-state index contributed by atoms with van der Waals surface area (Å²) in [7, 11) is -1.96. The predicted octanol–water partition coefficient (Wildman–Crippen LogP) is 5.67. The van der Waals surface area contributed by atoms with Gasteiger partial charge in [-0.15, -0.1) is 0 Å². The molecule has 1 aromatic heterocycles. The molecule has 7 nitrogen and oxygen atoms in total. The molecule has 0 saturated heterocycles. The van der Waals surface area contributed by atoms with Crippen molar-refractivity contribution in [1.82, 2.24) is 9.71 Å². The molecule has 3 aromatic rings. The molecular formula is C27H33N3O4S2. The van der Waals surface area contributed by atoms with E-state index in [-0.39, 0.29) is 22.1 Å². The van der Waals surface area contributed by atoms with Gasteiger partial charge in [0.1, 0.15) is 11.3 Å². The maximum Gasteiger partial charge on any atom is 0.240 e. The number of carbonyl (C=O) groups is 1. The lowest BCUT2D eigenvalue weighted by molar-refractivity contribution is -0.115. The minimum absolute atomic E-state index is 0.00205. The Hall–Kier alpha value is -2.62. The van der Waals surface area contributed by atoms with E-state index < -0.39 is 10.0 Å². The van der Waals surface area contributed by atoms with Crippen molar-refractivity contribution in [1.29, 1.82) is 0 Å². The number of sulfonamides is 1. The third-order valence-electron chi connectivity index (χ3n) is 6.49. The number of hydrogen-bond acceptors (Lipinski definition) is 6. The zero-order chi connectivity index (χ0) is 25.7. The number of benzene rings is 2. The van der Waals surface area contributed by atoms with Gasteiger partial charge in [-0.05, 0) is 68.1 Å². The maximum absolute atomic E-state index is 13.0. The molecule has 9 heteroatoms. The van der Waals surface area contributed by atoms with E-state index in [1.807, 2.05) is 38.1 Å². The highest BCUT2D eigenvalue weighted by Crippen LogP contribution is 2.32. The average Bonchev–Trinajstić information content (AvgIpc) is 2.87. The second kappa shape index (κ2) is 11.6. The molecule has 2 N–H and O–H groups in total. The second-order valence-corrected chi connectivity index (χ2v) is 12.1. The Morgan fingerprint density at radius 2 is 1.86 bits per heavy atom. The maximum atomic E-state index is 13.0. The van der Waals surface area contributed by atoms with Gasteiger partial charge < -0.3 is 10.1 Å². The molecule has 0 aliphatic heterocycles. The smallest absolute Gasteiger partial charge is 0.240 e. The molecule has 1 heterocycles. The van der Waals surface area contributed by atoms with Crippen LogP contribution in [0.15, 0.2) is 58.5 Å². The number of thioether (sulfide) groups is 1. The Labute approximate surface area is 217 Å². The van der Waals surface area contributed by atoms with Crippen molar-refractivity contribution in [2.45, 2.75) is 73.6 Å². The molecule has 0 spiro atoms. The van der Waals surface area contributed by atoms with E-state index in [1.54, 1.807) is 19.2 Å². The number of methoxy groups -OCH3 is 1. The molecule has 1 fully saturated rings. The van der Waals surface area contributed by atoms with Crippen molar-refractivity contribution in [2.24, 2.45) is 0 Å². The summed E-state index contributed by atoms with van der Waals surface area (Å²) in [5.41, 5.74) is 2.40. The van der Waals surface area contributed by atoms with Gasteiger partial charge >= 0.3 is 0 Å². The van der Waals surface area contributed by atoms with E-state index >= 15 is 0 Å². The first-order valence-corrected chi connectivity index (χ1v) is 14.7. The van der Waals surface area contributed by atoms with Crippen molar-refractivity contribution in [2.75, 3.05) is 12.4 Å². The molecule has 1 saturated carbocycles. The molecule has 0 bridgehead atoms. The van der Waals surface area contributed by atoms with Gasteiger partial charge in [0.05, 0.1) is 22.3 Å². The SMILES string of the molecule is CCC(Sc1cc(C)c2cccc(OC)c2n1)C(=O)Nc1ccc(S(=O)(=O)NC2CCCCC2)cc1. The number of carbonyl (C=O) groups excluding carboxylic acids is 1. The summed E-state index contributed by atoms with van der Waals surface area (Å²) in [4.78, 5) is 18.0. The van der Waals surface area contributed by atoms with Crippen molar-refractivity contribution >= 4 is 44.3 Å². The fraction of sp³-hybridized carbons (Fsp3) is 0.407. The van der Waals surface area contributed by atoms with Crippen LogP contribution in [0.25, 0.3) is 10.9 Å². The number of ether oxygens (including phenoxy) is 1. The van der Waals surface area contributed by atoms with Crippen LogP contribution in [0.5, 0.6) is 5.75 Å². The van der Waals surface area contributed by atoms with Gasteiger partial charge in [-0.2, -0.15) is 0 Å². The van der Waals surface area contributed by atoms with Crippen LogP contribution in [0.4, 0.5) is 5.69 Å². The Balaban J connectivity index is 1.44. The third-order valence-corrected chi connectivity index (χ3v) is 9.31. The first-order chi connectivity index (χ1) is 17.3. The topological polar surface area (TPSA) is 97.4 Å². The van der Waals surface area contributed by atoms with E-state index in [2.05, 4.69) is 10.0 Å². The van der Waals surface area contributed by atoms with Crippen LogP contribution in [0.3, 0.4) is 0 Å². The summed E-state index contributed by atoms with van der Waals surface area (Å²) in [6.07, 6.45) is 5.63. The number of anilines is 1. The average molecular weight is 528 g/mol. The Morgan fingerprint density at radius 3 is 2.53 bits per heavy atom. The van der Waals surface area contributed by atoms with Gasteiger partial charge in [-0.25, -0.2) is 18.1 Å². The molecule has 192 valence electrons. The molecule has 4 rings (SSSR count). The Kier molecular flexibility index (Phi) is 8.54. The molecule has 0 radical (unpaired) electrons. The van der Waals surface area contributed by atoms with Gasteiger partial charge in [0.15, 0.2) is 0 Å². The monoisotopic (exact) mass is 527 g/mol. The summed E-state index contributed by atoms with van der Waals surface area (Å²) in [6.45, 7) is 3.98. The summed E-state index contributed by atoms with van der Waals surface area (Å²) in [6, 6.07) is 14.1. The van der Waals surface area contributed by atoms with Crippen LogP contribution in [0.1, 0.15) is 51.0 Å². The summed E-state index contributed by atoms with van der Waals surface area (Å²) >= 11 is 1.41. The lowest BCUT2D eigenvalue weighted by atomic mass is 9.96. The Bertz CT molecular complexity index is 1320. The largest absolute Gasteiger partial charge is 0.494 e. The zero-order valence-corrected chi connectivity index (χ0v) is 22.5. The number of aryl methyl sites for hydroxylation is 1. The van der Waals surface area contributed by atoms with Gasteiger partial charge in [0.25, 0.3) is 0 Å². The van der Waals surface area contributed by atoms with Gasteiger partial charge in [0, 0.05) is 17.1 Å². The Morgan fingerprint density at radius 1 is 1.14 bits per heavy atom. The minimum Gasteiger partial charge on any atom is -0.494 e. The first-order valence-electron chi connectivity index (χ1n) is 12.3. The van der Waals surface area contributed by atoms with Crippen molar-refractivity contribution in [3.63, 3.8) is 0 Å². The van der Waals surface area contributed by atoms with Crippen LogP contribution >= 0.6 is 11.8 Å². The number of rotatable bonds is 9. The van der Waals surface area contributed by atoms with Gasteiger partial charge in [-0.3, -0.25) is 4.79 Å². The highest BCUT2D eigenvalue weighted by molar-refractivity contribution is 8.00. The van der Waals surface area contributed by atoms with Crippen LogP contribution in [-0.4, -0.2) is 37.7 Å². The number of fused-ring (bicyclic) bond motifs is 1. The van der Waals surface area contributed by atoms with Crippen LogP contribution in [-0.2, 0) is 14.8 Å².